The summed E-state index contributed by atoms with van der Waals surface area (Å²) in [5, 5.41) is 10.7. The molecule has 2 rings (SSSR count). The van der Waals surface area contributed by atoms with Crippen LogP contribution in [0.3, 0.4) is 0 Å². The molecule has 1 aromatic heterocycles. The van der Waals surface area contributed by atoms with Crippen molar-refractivity contribution in [3.05, 3.63) is 21.9 Å². The number of aliphatic hydroxyl groups is 1. The summed E-state index contributed by atoms with van der Waals surface area (Å²) >= 11 is 1.43. The Labute approximate surface area is 131 Å². The van der Waals surface area contributed by atoms with Gasteiger partial charge in [-0.25, -0.2) is 0 Å². The third-order valence-electron chi connectivity index (χ3n) is 4.42. The molecule has 1 amide bonds. The number of amides is 1. The van der Waals surface area contributed by atoms with Crippen LogP contribution in [-0.2, 0) is 0 Å². The number of rotatable bonds is 3. The predicted octanol–water partition coefficient (Wildman–Crippen LogP) is 3.13. The largest absolute Gasteiger partial charge is 0.384 e. The third-order valence-corrected chi connectivity index (χ3v) is 5.33. The van der Waals surface area contributed by atoms with Gasteiger partial charge in [0.25, 0.3) is 5.91 Å². The molecule has 0 unspecified atom stereocenters. The molecule has 1 aliphatic rings. The lowest BCUT2D eigenvalue weighted by Crippen LogP contribution is -2.39. The van der Waals surface area contributed by atoms with E-state index in [0.717, 1.165) is 24.3 Å². The van der Waals surface area contributed by atoms with E-state index in [4.69, 9.17) is 5.11 Å². The van der Waals surface area contributed by atoms with E-state index in [1.54, 1.807) is 0 Å². The van der Waals surface area contributed by atoms with Crippen LogP contribution in [0, 0.1) is 17.8 Å². The van der Waals surface area contributed by atoms with Crippen molar-refractivity contribution in [2.45, 2.75) is 45.1 Å². The minimum Gasteiger partial charge on any atom is -0.384 e. The zero-order valence-electron chi connectivity index (χ0n) is 12.8. The molecule has 0 atom stereocenters. The fraction of sp³-hybridized carbons (Fsp3) is 0.588. The summed E-state index contributed by atoms with van der Waals surface area (Å²) in [5.41, 5.74) is 0.730. The van der Waals surface area contributed by atoms with Gasteiger partial charge in [0.05, 0.1) is 0 Å². The Morgan fingerprint density at radius 1 is 1.43 bits per heavy atom. The van der Waals surface area contributed by atoms with Gasteiger partial charge in [-0.15, -0.1) is 11.3 Å². The zero-order chi connectivity index (χ0) is 15.2. The maximum absolute atomic E-state index is 12.6. The Bertz CT molecular complexity index is 532. The highest BCUT2D eigenvalue weighted by Crippen LogP contribution is 2.30. The molecule has 21 heavy (non-hydrogen) atoms. The number of hydrogen-bond acceptors (Lipinski definition) is 3. The molecule has 0 saturated heterocycles. The molecular formula is C17H23NO2S. The average Bonchev–Trinajstić information content (AvgIpc) is 3.00. The SMILES string of the molecule is CCC1CCC(N(C)C(=O)c2sccc2C#CCO)CC1. The van der Waals surface area contributed by atoms with Gasteiger partial charge in [-0.1, -0.05) is 25.2 Å². The van der Waals surface area contributed by atoms with Crippen LogP contribution in [0.25, 0.3) is 0 Å². The van der Waals surface area contributed by atoms with Gasteiger partial charge in [0.15, 0.2) is 0 Å². The zero-order valence-corrected chi connectivity index (χ0v) is 13.6. The summed E-state index contributed by atoms with van der Waals surface area (Å²) in [6, 6.07) is 2.20. The first-order valence-corrected chi connectivity index (χ1v) is 8.49. The highest BCUT2D eigenvalue weighted by molar-refractivity contribution is 7.12. The second-order valence-electron chi connectivity index (χ2n) is 5.62. The molecule has 1 saturated carbocycles. The highest BCUT2D eigenvalue weighted by Gasteiger charge is 2.27. The molecule has 1 aliphatic carbocycles. The van der Waals surface area contributed by atoms with Gasteiger partial charge < -0.3 is 10.0 Å². The Kier molecular flexibility index (Phi) is 5.84. The summed E-state index contributed by atoms with van der Waals surface area (Å²) in [5.74, 6) is 6.37. The van der Waals surface area contributed by atoms with Crippen molar-refractivity contribution >= 4 is 17.2 Å². The second-order valence-corrected chi connectivity index (χ2v) is 6.54. The molecule has 1 fully saturated rings. The van der Waals surface area contributed by atoms with Crippen molar-refractivity contribution in [2.24, 2.45) is 5.92 Å². The van der Waals surface area contributed by atoms with Crippen LogP contribution < -0.4 is 0 Å². The predicted molar refractivity (Wildman–Crippen MR) is 86.4 cm³/mol. The van der Waals surface area contributed by atoms with E-state index in [0.29, 0.717) is 10.9 Å². The number of carbonyl (C=O) groups is 1. The highest BCUT2D eigenvalue weighted by atomic mass is 32.1. The molecule has 3 nitrogen and oxygen atoms in total. The molecule has 0 spiro atoms. The number of nitrogens with zero attached hydrogens (tertiary/aromatic N) is 1. The van der Waals surface area contributed by atoms with E-state index in [1.807, 2.05) is 23.4 Å². The first-order chi connectivity index (χ1) is 10.2. The van der Waals surface area contributed by atoms with Crippen molar-refractivity contribution in [1.82, 2.24) is 4.90 Å². The van der Waals surface area contributed by atoms with Crippen molar-refractivity contribution < 1.29 is 9.90 Å². The van der Waals surface area contributed by atoms with E-state index in [1.165, 1.54) is 30.6 Å². The van der Waals surface area contributed by atoms with Gasteiger partial charge in [0.1, 0.15) is 11.5 Å². The fourth-order valence-corrected chi connectivity index (χ4v) is 3.81. The normalized spacial score (nSPS) is 21.5. The molecular weight excluding hydrogens is 282 g/mol. The van der Waals surface area contributed by atoms with Crippen LogP contribution in [-0.4, -0.2) is 35.6 Å². The van der Waals surface area contributed by atoms with Crippen LogP contribution in [0.2, 0.25) is 0 Å². The van der Waals surface area contributed by atoms with Crippen molar-refractivity contribution in [3.8, 4) is 11.8 Å². The summed E-state index contributed by atoms with van der Waals surface area (Å²) in [7, 11) is 1.91. The van der Waals surface area contributed by atoms with E-state index in [2.05, 4.69) is 18.8 Å². The standard InChI is InChI=1S/C17H23NO2S/c1-3-13-6-8-15(9-7-13)18(2)17(20)16-14(5-4-11-19)10-12-21-16/h10,12-13,15,19H,3,6-9,11H2,1-2H3. The van der Waals surface area contributed by atoms with E-state index in [-0.39, 0.29) is 12.5 Å². The summed E-state index contributed by atoms with van der Waals surface area (Å²) in [6.45, 7) is 2.07. The summed E-state index contributed by atoms with van der Waals surface area (Å²) < 4.78 is 0. The molecule has 0 aromatic carbocycles. The summed E-state index contributed by atoms with van der Waals surface area (Å²) in [6.07, 6.45) is 5.89. The minimum absolute atomic E-state index is 0.0622. The maximum Gasteiger partial charge on any atom is 0.265 e. The van der Waals surface area contributed by atoms with Crippen LogP contribution >= 0.6 is 11.3 Å². The molecule has 4 heteroatoms. The van der Waals surface area contributed by atoms with Gasteiger partial charge in [0, 0.05) is 18.7 Å². The van der Waals surface area contributed by atoms with Gasteiger partial charge in [-0.05, 0) is 43.0 Å². The van der Waals surface area contributed by atoms with E-state index >= 15 is 0 Å². The number of aliphatic hydroxyl groups excluding tert-OH is 1. The quantitative estimate of drug-likeness (QED) is 0.872. The van der Waals surface area contributed by atoms with Gasteiger partial charge in [0.2, 0.25) is 0 Å². The second kappa shape index (κ2) is 7.63. The first-order valence-electron chi connectivity index (χ1n) is 7.61. The minimum atomic E-state index is -0.180. The van der Waals surface area contributed by atoms with Crippen molar-refractivity contribution in [1.29, 1.82) is 0 Å². The molecule has 1 heterocycles. The van der Waals surface area contributed by atoms with Crippen molar-refractivity contribution in [2.75, 3.05) is 13.7 Å². The lowest BCUT2D eigenvalue weighted by Gasteiger charge is -2.34. The van der Waals surface area contributed by atoms with Crippen molar-refractivity contribution in [3.63, 3.8) is 0 Å². The molecule has 1 N–H and O–H groups in total. The Morgan fingerprint density at radius 2 is 2.14 bits per heavy atom. The first kappa shape index (κ1) is 16.1. The van der Waals surface area contributed by atoms with Gasteiger partial charge in [-0.2, -0.15) is 0 Å². The van der Waals surface area contributed by atoms with Crippen LogP contribution in [0.5, 0.6) is 0 Å². The maximum atomic E-state index is 12.6. The Morgan fingerprint density at radius 3 is 2.76 bits per heavy atom. The lowest BCUT2D eigenvalue weighted by atomic mass is 9.84. The molecule has 0 aliphatic heterocycles. The molecule has 1 aromatic rings. The Balaban J connectivity index is 2.04. The van der Waals surface area contributed by atoms with Crippen LogP contribution in [0.15, 0.2) is 11.4 Å². The number of thiophene rings is 1. The molecule has 0 radical (unpaired) electrons. The fourth-order valence-electron chi connectivity index (χ4n) is 2.97. The van der Waals surface area contributed by atoms with E-state index < -0.39 is 0 Å². The smallest absolute Gasteiger partial charge is 0.265 e. The van der Waals surface area contributed by atoms with Gasteiger partial charge in [-0.3, -0.25) is 4.79 Å². The van der Waals surface area contributed by atoms with E-state index in [9.17, 15) is 4.79 Å². The Hall–Kier alpha value is -1.31. The third kappa shape index (κ3) is 3.87. The average molecular weight is 305 g/mol. The topological polar surface area (TPSA) is 40.5 Å². The summed E-state index contributed by atoms with van der Waals surface area (Å²) in [4.78, 5) is 15.2. The van der Waals surface area contributed by atoms with Crippen LogP contribution in [0.1, 0.15) is 54.3 Å². The monoisotopic (exact) mass is 305 g/mol. The number of carbonyl (C=O) groups excluding carboxylic acids is 1. The van der Waals surface area contributed by atoms with Gasteiger partial charge >= 0.3 is 0 Å². The molecule has 114 valence electrons. The molecule has 0 bridgehead atoms. The number of hydrogen-bond donors (Lipinski definition) is 1. The van der Waals surface area contributed by atoms with Crippen LogP contribution in [0.4, 0.5) is 0 Å². The lowest BCUT2D eigenvalue weighted by molar-refractivity contribution is 0.0679.